The Labute approximate surface area is 166 Å². The van der Waals surface area contributed by atoms with E-state index >= 15 is 0 Å². The fraction of sp³-hybridized carbons (Fsp3) is 0.409. The summed E-state index contributed by atoms with van der Waals surface area (Å²) in [4.78, 5) is 12.2. The number of rotatable bonds is 11. The van der Waals surface area contributed by atoms with Gasteiger partial charge in [-0.05, 0) is 62.6 Å². The molecule has 0 unspecified atom stereocenters. The van der Waals surface area contributed by atoms with Crippen LogP contribution in [0.1, 0.15) is 31.9 Å². The molecule has 0 spiro atoms. The second-order valence-corrected chi connectivity index (χ2v) is 6.16. The van der Waals surface area contributed by atoms with Crippen molar-refractivity contribution in [2.75, 3.05) is 26.4 Å². The van der Waals surface area contributed by atoms with Crippen molar-refractivity contribution in [2.24, 2.45) is 0 Å². The average molecular weight is 387 g/mol. The number of hydrogen-bond acceptors (Lipinski definition) is 5. The second-order valence-electron chi connectivity index (χ2n) is 6.16. The Hall–Kier alpha value is -2.89. The third kappa shape index (κ3) is 6.37. The Bertz CT molecular complexity index is 776. The summed E-state index contributed by atoms with van der Waals surface area (Å²) in [7, 11) is 0. The first-order valence-electron chi connectivity index (χ1n) is 9.67. The maximum absolute atomic E-state index is 12.2. The molecule has 0 atom stereocenters. The molecule has 2 rings (SSSR count). The van der Waals surface area contributed by atoms with Crippen molar-refractivity contribution in [3.8, 4) is 23.0 Å². The van der Waals surface area contributed by atoms with Gasteiger partial charge in [-0.15, -0.1) is 0 Å². The van der Waals surface area contributed by atoms with Crippen LogP contribution in [0.3, 0.4) is 0 Å². The molecule has 6 nitrogen and oxygen atoms in total. The number of phenols is 1. The maximum Gasteiger partial charge on any atom is 0.224 e. The average Bonchev–Trinajstić information content (AvgIpc) is 2.66. The number of nitrogens with one attached hydrogen (secondary N) is 1. The van der Waals surface area contributed by atoms with Crippen LogP contribution in [0, 0.1) is 0 Å². The van der Waals surface area contributed by atoms with Crippen LogP contribution >= 0.6 is 0 Å². The van der Waals surface area contributed by atoms with Crippen LogP contribution < -0.4 is 19.5 Å². The van der Waals surface area contributed by atoms with Gasteiger partial charge < -0.3 is 24.6 Å². The molecule has 0 fully saturated rings. The molecule has 0 saturated carbocycles. The van der Waals surface area contributed by atoms with Gasteiger partial charge in [0.2, 0.25) is 5.91 Å². The molecule has 0 heterocycles. The van der Waals surface area contributed by atoms with E-state index in [1.807, 2.05) is 45.0 Å². The Morgan fingerprint density at radius 1 is 0.857 bits per heavy atom. The summed E-state index contributed by atoms with van der Waals surface area (Å²) < 4.78 is 16.5. The van der Waals surface area contributed by atoms with E-state index in [-0.39, 0.29) is 18.1 Å². The molecule has 152 valence electrons. The number of phenolic OH excluding ortho intramolecular Hbond substituents is 1. The number of hydrogen-bond donors (Lipinski definition) is 2. The van der Waals surface area contributed by atoms with Crippen LogP contribution in [0.2, 0.25) is 0 Å². The first-order chi connectivity index (χ1) is 13.6. The quantitative estimate of drug-likeness (QED) is 0.617. The van der Waals surface area contributed by atoms with Crippen LogP contribution in [0.25, 0.3) is 0 Å². The lowest BCUT2D eigenvalue weighted by Crippen LogP contribution is -2.27. The zero-order valence-electron chi connectivity index (χ0n) is 16.8. The van der Waals surface area contributed by atoms with Crippen molar-refractivity contribution in [1.29, 1.82) is 0 Å². The number of carbonyl (C=O) groups is 1. The van der Waals surface area contributed by atoms with E-state index in [2.05, 4.69) is 5.32 Å². The highest BCUT2D eigenvalue weighted by Gasteiger charge is 2.10. The second kappa shape index (κ2) is 11.1. The Morgan fingerprint density at radius 3 is 2.14 bits per heavy atom. The van der Waals surface area contributed by atoms with Gasteiger partial charge in [0.25, 0.3) is 0 Å². The Kier molecular flexibility index (Phi) is 8.46. The highest BCUT2D eigenvalue weighted by atomic mass is 16.5. The summed E-state index contributed by atoms with van der Waals surface area (Å²) >= 11 is 0. The van der Waals surface area contributed by atoms with Crippen molar-refractivity contribution >= 4 is 5.91 Å². The van der Waals surface area contributed by atoms with Crippen LogP contribution in [0.5, 0.6) is 23.0 Å². The predicted octanol–water partition coefficient (Wildman–Crippen LogP) is 3.49. The maximum atomic E-state index is 12.2. The van der Waals surface area contributed by atoms with E-state index < -0.39 is 0 Å². The monoisotopic (exact) mass is 387 g/mol. The van der Waals surface area contributed by atoms with Crippen molar-refractivity contribution in [2.45, 2.75) is 33.6 Å². The summed E-state index contributed by atoms with van der Waals surface area (Å²) in [6.07, 6.45) is 0.889. The lowest BCUT2D eigenvalue weighted by atomic mass is 10.1. The molecule has 0 saturated heterocycles. The standard InChI is InChI=1S/C22H29NO5/c1-4-26-19-9-7-16(13-18(19)24)11-12-23-22(25)15-17-8-10-20(27-5-2)21(14-17)28-6-3/h7-10,13-14,24H,4-6,11-12,15H2,1-3H3,(H,23,25). The molecule has 0 aliphatic rings. The van der Waals surface area contributed by atoms with Crippen molar-refractivity contribution in [3.05, 3.63) is 47.5 Å². The summed E-state index contributed by atoms with van der Waals surface area (Å²) in [5.41, 5.74) is 1.80. The third-order valence-corrected chi connectivity index (χ3v) is 4.03. The first-order valence-corrected chi connectivity index (χ1v) is 9.67. The van der Waals surface area contributed by atoms with Crippen LogP contribution in [-0.4, -0.2) is 37.4 Å². The summed E-state index contributed by atoms with van der Waals surface area (Å²) in [5, 5.41) is 12.8. The lowest BCUT2D eigenvalue weighted by molar-refractivity contribution is -0.120. The Morgan fingerprint density at radius 2 is 1.46 bits per heavy atom. The molecule has 0 aliphatic carbocycles. The van der Waals surface area contributed by atoms with Crippen LogP contribution in [0.4, 0.5) is 0 Å². The summed E-state index contributed by atoms with van der Waals surface area (Å²) in [6, 6.07) is 10.8. The molecule has 2 N–H and O–H groups in total. The zero-order valence-corrected chi connectivity index (χ0v) is 16.8. The van der Waals surface area contributed by atoms with E-state index in [0.717, 1.165) is 11.1 Å². The van der Waals surface area contributed by atoms with Crippen LogP contribution in [-0.2, 0) is 17.6 Å². The predicted molar refractivity (Wildman–Crippen MR) is 108 cm³/mol. The van der Waals surface area contributed by atoms with Gasteiger partial charge >= 0.3 is 0 Å². The molecular weight excluding hydrogens is 358 g/mol. The van der Waals surface area contributed by atoms with Gasteiger partial charge in [-0.1, -0.05) is 12.1 Å². The van der Waals surface area contributed by atoms with E-state index in [1.54, 1.807) is 12.1 Å². The van der Waals surface area contributed by atoms with E-state index in [9.17, 15) is 9.90 Å². The van der Waals surface area contributed by atoms with Crippen molar-refractivity contribution in [1.82, 2.24) is 5.32 Å². The molecule has 6 heteroatoms. The van der Waals surface area contributed by atoms with Crippen LogP contribution in [0.15, 0.2) is 36.4 Å². The Balaban J connectivity index is 1.87. The van der Waals surface area contributed by atoms with Gasteiger partial charge in [0, 0.05) is 6.54 Å². The molecular formula is C22H29NO5. The number of aromatic hydroxyl groups is 1. The molecule has 0 bridgehead atoms. The van der Waals surface area contributed by atoms with Gasteiger partial charge in [0.05, 0.1) is 26.2 Å². The number of amides is 1. The highest BCUT2D eigenvalue weighted by Crippen LogP contribution is 2.29. The smallest absolute Gasteiger partial charge is 0.224 e. The largest absolute Gasteiger partial charge is 0.504 e. The van der Waals surface area contributed by atoms with Gasteiger partial charge in [0.15, 0.2) is 23.0 Å². The lowest BCUT2D eigenvalue weighted by Gasteiger charge is -2.12. The molecule has 2 aromatic rings. The van der Waals surface area contributed by atoms with Gasteiger partial charge in [0.1, 0.15) is 0 Å². The topological polar surface area (TPSA) is 77.0 Å². The highest BCUT2D eigenvalue weighted by molar-refractivity contribution is 5.78. The van der Waals surface area contributed by atoms with E-state index in [1.165, 1.54) is 0 Å². The molecule has 2 aromatic carbocycles. The SMILES string of the molecule is CCOc1ccc(CCNC(=O)Cc2ccc(OCC)c(OCC)c2)cc1O. The van der Waals surface area contributed by atoms with E-state index in [0.29, 0.717) is 50.0 Å². The molecule has 0 aromatic heterocycles. The summed E-state index contributed by atoms with van der Waals surface area (Å²) in [5.74, 6) is 1.85. The molecule has 0 aliphatic heterocycles. The van der Waals surface area contributed by atoms with Crippen molar-refractivity contribution in [3.63, 3.8) is 0 Å². The minimum Gasteiger partial charge on any atom is -0.504 e. The normalized spacial score (nSPS) is 10.4. The first kappa shape index (κ1) is 21.4. The van der Waals surface area contributed by atoms with Crippen molar-refractivity contribution < 1.29 is 24.1 Å². The molecule has 1 amide bonds. The van der Waals surface area contributed by atoms with E-state index in [4.69, 9.17) is 14.2 Å². The van der Waals surface area contributed by atoms with Gasteiger partial charge in [-0.25, -0.2) is 0 Å². The van der Waals surface area contributed by atoms with Gasteiger partial charge in [-0.2, -0.15) is 0 Å². The summed E-state index contributed by atoms with van der Waals surface area (Å²) in [6.45, 7) is 7.77. The number of ether oxygens (including phenoxy) is 3. The number of carbonyl (C=O) groups excluding carboxylic acids is 1. The minimum absolute atomic E-state index is 0.0678. The molecule has 28 heavy (non-hydrogen) atoms. The fourth-order valence-electron chi connectivity index (χ4n) is 2.80. The number of benzene rings is 2. The fourth-order valence-corrected chi connectivity index (χ4v) is 2.80. The third-order valence-electron chi connectivity index (χ3n) is 4.03. The molecule has 0 radical (unpaired) electrons. The van der Waals surface area contributed by atoms with Gasteiger partial charge in [-0.3, -0.25) is 4.79 Å². The minimum atomic E-state index is -0.0678. The zero-order chi connectivity index (χ0) is 20.4.